The third-order valence-corrected chi connectivity index (χ3v) is 8.05. The van der Waals surface area contributed by atoms with Gasteiger partial charge in [0.2, 0.25) is 5.91 Å². The number of likely N-dealkylation sites (tertiary alicyclic amines) is 1. The average molecular weight is 574 g/mol. The van der Waals surface area contributed by atoms with Crippen molar-refractivity contribution in [3.05, 3.63) is 101 Å². The van der Waals surface area contributed by atoms with Gasteiger partial charge in [0.05, 0.1) is 0 Å². The molecule has 7 nitrogen and oxygen atoms in total. The lowest BCUT2D eigenvalue weighted by atomic mass is 9.89. The molecule has 2 heterocycles. The SMILES string of the molecule is C[C@H](c1c[nH]c2ccccc12)[C@@H](NC(=O)N1CCC(c2ccc(F)cc2F)CC1)C(=O)Nc1cccc(CN(C)C)c1. The third kappa shape index (κ3) is 6.62. The van der Waals surface area contributed by atoms with Crippen LogP contribution in [0.15, 0.2) is 72.9 Å². The molecule has 0 bridgehead atoms. The number of aromatic nitrogens is 1. The monoisotopic (exact) mass is 573 g/mol. The Kier molecular flexibility index (Phi) is 8.87. The van der Waals surface area contributed by atoms with Crippen molar-refractivity contribution >= 4 is 28.5 Å². The molecule has 3 N–H and O–H groups in total. The molecular formula is C33H37F2N5O2. The van der Waals surface area contributed by atoms with Crippen LogP contribution < -0.4 is 10.6 Å². The van der Waals surface area contributed by atoms with Gasteiger partial charge in [-0.05, 0) is 73.8 Å². The lowest BCUT2D eigenvalue weighted by molar-refractivity contribution is -0.118. The van der Waals surface area contributed by atoms with E-state index in [0.29, 0.717) is 37.2 Å². The van der Waals surface area contributed by atoms with Crippen LogP contribution in [0.1, 0.15) is 48.3 Å². The third-order valence-electron chi connectivity index (χ3n) is 8.05. The first-order chi connectivity index (χ1) is 20.2. The highest BCUT2D eigenvalue weighted by Crippen LogP contribution is 2.31. The van der Waals surface area contributed by atoms with Crippen LogP contribution in [0.5, 0.6) is 0 Å². The molecule has 0 unspecified atom stereocenters. The topological polar surface area (TPSA) is 80.5 Å². The Hall–Kier alpha value is -4.24. The maximum Gasteiger partial charge on any atom is 0.318 e. The summed E-state index contributed by atoms with van der Waals surface area (Å²) in [5.74, 6) is -1.93. The van der Waals surface area contributed by atoms with E-state index in [4.69, 9.17) is 0 Å². The molecule has 1 aliphatic heterocycles. The number of anilines is 1. The molecule has 2 atom stereocenters. The van der Waals surface area contributed by atoms with Crippen LogP contribution in [0.4, 0.5) is 19.3 Å². The zero-order valence-electron chi connectivity index (χ0n) is 24.2. The number of aromatic amines is 1. The minimum Gasteiger partial charge on any atom is -0.361 e. The van der Waals surface area contributed by atoms with Gasteiger partial charge in [-0.2, -0.15) is 0 Å². The smallest absolute Gasteiger partial charge is 0.318 e. The Balaban J connectivity index is 1.33. The van der Waals surface area contributed by atoms with Crippen molar-refractivity contribution < 1.29 is 18.4 Å². The van der Waals surface area contributed by atoms with Gasteiger partial charge in [0.1, 0.15) is 17.7 Å². The Bertz CT molecular complexity index is 1560. The van der Waals surface area contributed by atoms with Gasteiger partial charge in [-0.15, -0.1) is 0 Å². The average Bonchev–Trinajstić information content (AvgIpc) is 3.40. The van der Waals surface area contributed by atoms with E-state index in [0.717, 1.165) is 34.6 Å². The van der Waals surface area contributed by atoms with Gasteiger partial charge in [0, 0.05) is 54.4 Å². The molecule has 0 radical (unpaired) electrons. The Morgan fingerprint density at radius 2 is 1.79 bits per heavy atom. The second kappa shape index (κ2) is 12.7. The van der Waals surface area contributed by atoms with Gasteiger partial charge < -0.3 is 25.4 Å². The molecule has 4 aromatic rings. The van der Waals surface area contributed by atoms with Gasteiger partial charge in [0.15, 0.2) is 0 Å². The van der Waals surface area contributed by atoms with Crippen molar-refractivity contribution in [2.24, 2.45) is 0 Å². The van der Waals surface area contributed by atoms with Crippen LogP contribution in [0.25, 0.3) is 10.9 Å². The fourth-order valence-electron chi connectivity index (χ4n) is 5.85. The number of para-hydroxylation sites is 1. The van der Waals surface area contributed by atoms with Crippen LogP contribution in [-0.4, -0.2) is 59.9 Å². The molecule has 220 valence electrons. The standard InChI is InChI=1S/C33H37F2N5O2/c1-21(28-19-36-30-10-5-4-9-27(28)30)31(32(41)37-25-8-6-7-22(17-25)20-39(2)3)38-33(42)40-15-13-23(14-16-40)26-12-11-24(34)18-29(26)35/h4-12,17-19,21,23,31,36H,13-16,20H2,1-3H3,(H,37,41)(H,38,42)/t21-,31-/m1/s1. The summed E-state index contributed by atoms with van der Waals surface area (Å²) in [4.78, 5) is 34.3. The van der Waals surface area contributed by atoms with Crippen LogP contribution in [0, 0.1) is 11.6 Å². The number of piperidine rings is 1. The molecule has 1 aliphatic rings. The summed E-state index contributed by atoms with van der Waals surface area (Å²) in [5.41, 5.74) is 4.07. The number of carbonyl (C=O) groups excluding carboxylic acids is 2. The van der Waals surface area contributed by atoms with E-state index in [1.807, 2.05) is 75.7 Å². The van der Waals surface area contributed by atoms with Gasteiger partial charge >= 0.3 is 6.03 Å². The minimum atomic E-state index is -0.860. The fourth-order valence-corrected chi connectivity index (χ4v) is 5.85. The molecule has 0 saturated carbocycles. The molecular weight excluding hydrogens is 536 g/mol. The highest BCUT2D eigenvalue weighted by atomic mass is 19.1. The molecule has 9 heteroatoms. The van der Waals surface area contributed by atoms with Crippen LogP contribution in [0.2, 0.25) is 0 Å². The van der Waals surface area contributed by atoms with Gasteiger partial charge in [-0.3, -0.25) is 4.79 Å². The number of urea groups is 1. The Labute approximate surface area is 244 Å². The number of nitrogens with zero attached hydrogens (tertiary/aromatic N) is 2. The van der Waals surface area contributed by atoms with Crippen molar-refractivity contribution in [3.63, 3.8) is 0 Å². The van der Waals surface area contributed by atoms with Gasteiger partial charge in [-0.1, -0.05) is 43.3 Å². The van der Waals surface area contributed by atoms with Crippen molar-refractivity contribution in [3.8, 4) is 0 Å². The predicted octanol–water partition coefficient (Wildman–Crippen LogP) is 6.21. The molecule has 42 heavy (non-hydrogen) atoms. The maximum atomic E-state index is 14.4. The number of amides is 3. The van der Waals surface area contributed by atoms with Gasteiger partial charge in [-0.25, -0.2) is 13.6 Å². The molecule has 1 saturated heterocycles. The zero-order chi connectivity index (χ0) is 29.8. The van der Waals surface area contributed by atoms with Crippen LogP contribution >= 0.6 is 0 Å². The summed E-state index contributed by atoms with van der Waals surface area (Å²) in [6.07, 6.45) is 2.98. The molecule has 1 fully saturated rings. The molecule has 1 aromatic heterocycles. The summed E-state index contributed by atoms with van der Waals surface area (Å²) in [5, 5.41) is 7.02. The molecule has 3 amide bonds. The van der Waals surface area contributed by atoms with Gasteiger partial charge in [0.25, 0.3) is 0 Å². The highest BCUT2D eigenvalue weighted by Gasteiger charge is 2.33. The first-order valence-electron chi connectivity index (χ1n) is 14.3. The quantitative estimate of drug-likeness (QED) is 0.235. The number of halogens is 2. The lowest BCUT2D eigenvalue weighted by Gasteiger charge is -2.34. The maximum absolute atomic E-state index is 14.4. The second-order valence-electron chi connectivity index (χ2n) is 11.4. The number of rotatable bonds is 8. The van der Waals surface area contributed by atoms with E-state index in [2.05, 4.69) is 20.5 Å². The number of carbonyl (C=O) groups is 2. The van der Waals surface area contributed by atoms with E-state index in [1.165, 1.54) is 12.1 Å². The van der Waals surface area contributed by atoms with E-state index >= 15 is 0 Å². The Morgan fingerprint density at radius 1 is 1.02 bits per heavy atom. The van der Waals surface area contributed by atoms with E-state index in [-0.39, 0.29) is 23.8 Å². The first-order valence-corrected chi connectivity index (χ1v) is 14.3. The van der Waals surface area contributed by atoms with Crippen molar-refractivity contribution in [2.45, 2.75) is 44.2 Å². The summed E-state index contributed by atoms with van der Waals surface area (Å²) < 4.78 is 27.8. The van der Waals surface area contributed by atoms with Crippen molar-refractivity contribution in [2.75, 3.05) is 32.5 Å². The highest BCUT2D eigenvalue weighted by molar-refractivity contribution is 5.98. The normalized spacial score (nSPS) is 15.5. The largest absolute Gasteiger partial charge is 0.361 e. The van der Waals surface area contributed by atoms with Crippen LogP contribution in [-0.2, 0) is 11.3 Å². The lowest BCUT2D eigenvalue weighted by Crippen LogP contribution is -2.53. The summed E-state index contributed by atoms with van der Waals surface area (Å²) in [6.45, 7) is 3.46. The predicted molar refractivity (Wildman–Crippen MR) is 161 cm³/mol. The van der Waals surface area contributed by atoms with Crippen molar-refractivity contribution in [1.29, 1.82) is 0 Å². The number of hydrogen-bond donors (Lipinski definition) is 3. The number of hydrogen-bond acceptors (Lipinski definition) is 3. The van der Waals surface area contributed by atoms with E-state index in [1.54, 1.807) is 4.90 Å². The minimum absolute atomic E-state index is 0.103. The summed E-state index contributed by atoms with van der Waals surface area (Å²) in [6, 6.07) is 18.0. The van der Waals surface area contributed by atoms with Crippen LogP contribution in [0.3, 0.4) is 0 Å². The van der Waals surface area contributed by atoms with E-state index < -0.39 is 17.7 Å². The number of fused-ring (bicyclic) bond motifs is 1. The number of nitrogens with one attached hydrogen (secondary N) is 3. The molecule has 0 aliphatic carbocycles. The number of H-pyrrole nitrogens is 1. The van der Waals surface area contributed by atoms with E-state index in [9.17, 15) is 18.4 Å². The fraction of sp³-hybridized carbons (Fsp3) is 0.333. The first kappa shape index (κ1) is 29.3. The zero-order valence-corrected chi connectivity index (χ0v) is 24.2. The summed E-state index contributed by atoms with van der Waals surface area (Å²) >= 11 is 0. The Morgan fingerprint density at radius 3 is 2.52 bits per heavy atom. The second-order valence-corrected chi connectivity index (χ2v) is 11.4. The molecule has 0 spiro atoms. The van der Waals surface area contributed by atoms with Crippen molar-refractivity contribution in [1.82, 2.24) is 20.1 Å². The summed E-state index contributed by atoms with van der Waals surface area (Å²) in [7, 11) is 3.97. The molecule has 5 rings (SSSR count). The molecule has 3 aromatic carbocycles. The number of benzene rings is 3.